The first-order chi connectivity index (χ1) is 37.4. The fourth-order valence-electron chi connectivity index (χ4n) is 11.7. The van der Waals surface area contributed by atoms with Gasteiger partial charge in [-0.05, 0) is 100.0 Å². The van der Waals surface area contributed by atoms with Gasteiger partial charge in [0.25, 0.3) is 5.56 Å². The van der Waals surface area contributed by atoms with Gasteiger partial charge in [-0.3, -0.25) is 19.1 Å². The number of methoxy groups -OCH3 is 1. The molecule has 21 atom stereocenters. The largest absolute Gasteiger partial charge is 0.459 e. The normalized spacial score (nSPS) is 40.2. The number of aliphatic hydroxyl groups excluding tert-OH is 3. The molecule has 24 nitrogen and oxygen atoms in total. The topological polar surface area (TPSA) is 313 Å². The summed E-state index contributed by atoms with van der Waals surface area (Å²) in [5.41, 5.74) is -5.69. The highest BCUT2D eigenvalue weighted by Gasteiger charge is 2.54. The van der Waals surface area contributed by atoms with Crippen LogP contribution in [0.4, 0.5) is 4.79 Å². The van der Waals surface area contributed by atoms with Crippen molar-refractivity contribution in [3.8, 4) is 0 Å². The summed E-state index contributed by atoms with van der Waals surface area (Å²) in [4.78, 5) is 63.5. The molecule has 0 radical (unpaired) electrons. The van der Waals surface area contributed by atoms with Crippen molar-refractivity contribution in [1.82, 2.24) is 25.1 Å². The number of aryl methyl sites for hydroxylation is 1. The van der Waals surface area contributed by atoms with Crippen molar-refractivity contribution in [2.75, 3.05) is 41.0 Å². The van der Waals surface area contributed by atoms with Crippen LogP contribution in [0.3, 0.4) is 0 Å². The maximum absolute atomic E-state index is 14.6. The molecule has 4 saturated heterocycles. The third kappa shape index (κ3) is 16.1. The van der Waals surface area contributed by atoms with Crippen molar-refractivity contribution in [2.45, 2.75) is 250 Å². The number of likely N-dealkylation sites (N-methyl/N-ethyl adjacent to an activating group) is 1. The Morgan fingerprint density at radius 3 is 2.21 bits per heavy atom. The molecule has 466 valence electrons. The number of esters is 1. The molecule has 5 rings (SSSR count). The van der Waals surface area contributed by atoms with Crippen LogP contribution in [0.15, 0.2) is 20.9 Å². The van der Waals surface area contributed by atoms with Crippen LogP contribution >= 0.6 is 0 Å². The number of aromatic amines is 1. The Kier molecular flexibility index (Phi) is 23.0. The Hall–Kier alpha value is -3.41. The lowest BCUT2D eigenvalue weighted by Gasteiger charge is -2.49. The lowest BCUT2D eigenvalue weighted by molar-refractivity contribution is -0.317. The van der Waals surface area contributed by atoms with Crippen molar-refractivity contribution < 1.29 is 77.5 Å². The second-order valence-electron chi connectivity index (χ2n) is 25.8. The second kappa shape index (κ2) is 27.3. The van der Waals surface area contributed by atoms with Gasteiger partial charge in [0, 0.05) is 55.5 Å². The highest BCUT2D eigenvalue weighted by Crippen LogP contribution is 2.42. The number of oxime groups is 1. The van der Waals surface area contributed by atoms with E-state index >= 15 is 0 Å². The molecule has 81 heavy (non-hydrogen) atoms. The first-order valence-electron chi connectivity index (χ1n) is 28.8. The van der Waals surface area contributed by atoms with Crippen LogP contribution in [0.2, 0.25) is 18.1 Å². The van der Waals surface area contributed by atoms with Gasteiger partial charge >= 0.3 is 17.7 Å². The number of aromatic nitrogens is 2. The van der Waals surface area contributed by atoms with Crippen LogP contribution < -0.4 is 21.9 Å². The molecule has 0 unspecified atom stereocenters. The molecule has 0 saturated carbocycles. The van der Waals surface area contributed by atoms with Crippen molar-refractivity contribution in [3.05, 3.63) is 32.6 Å². The van der Waals surface area contributed by atoms with Gasteiger partial charge in [-0.1, -0.05) is 53.6 Å². The molecule has 1 aromatic heterocycles. The Labute approximate surface area is 479 Å². The minimum absolute atomic E-state index is 0.0496. The van der Waals surface area contributed by atoms with Crippen LogP contribution in [0.1, 0.15) is 134 Å². The highest BCUT2D eigenvalue weighted by atomic mass is 28.4. The van der Waals surface area contributed by atoms with E-state index in [-0.39, 0.29) is 68.3 Å². The van der Waals surface area contributed by atoms with Crippen molar-refractivity contribution in [3.63, 3.8) is 0 Å². The van der Waals surface area contributed by atoms with Gasteiger partial charge in [0.05, 0.1) is 72.5 Å². The lowest BCUT2D eigenvalue weighted by atomic mass is 9.73. The second-order valence-corrected chi connectivity index (χ2v) is 30.6. The number of aliphatic hydroxyl groups is 5. The SMILES string of the molecule is CC[C@H]1OC(=O)[C@H](C)[C@@H](O[C@H]2C[C@@](C)(OC)[C@@H](O)[C@H](C)O2)[C@H](C)[C@@H](O[C@@H]2O[C@H](C)C[C@H](N(C)C)[C@H]2O)[C@](C)(O)C[C@@H](C)/C(=N\OCCNC(=O)N[C@H]2C[C@H](n3cc(C)c(=O)[nH]c3=O)O[C@@H]2CO[Si](C)(C)C(C)(C)C)[C@H](C)[C@@H](O)[C@]1(C)O. The summed E-state index contributed by atoms with van der Waals surface area (Å²) in [7, 11) is 2.88. The monoisotopic (exact) mass is 1170 g/mol. The molecular formula is C56H100N6O18Si. The van der Waals surface area contributed by atoms with E-state index in [1.807, 2.05) is 25.9 Å². The van der Waals surface area contributed by atoms with Crippen LogP contribution in [-0.4, -0.2) is 203 Å². The molecule has 4 fully saturated rings. The zero-order valence-electron chi connectivity index (χ0n) is 51.5. The summed E-state index contributed by atoms with van der Waals surface area (Å²) in [6, 6.07) is -1.57. The molecular weight excluding hydrogens is 1070 g/mol. The quantitative estimate of drug-likeness (QED) is 0.0509. The number of carbonyl (C=O) groups is 2. The van der Waals surface area contributed by atoms with Crippen molar-refractivity contribution in [1.29, 1.82) is 0 Å². The Morgan fingerprint density at radius 1 is 0.951 bits per heavy atom. The van der Waals surface area contributed by atoms with Gasteiger partial charge in [0.2, 0.25) is 0 Å². The minimum atomic E-state index is -2.28. The molecule has 0 bridgehead atoms. The number of ether oxygens (including phenoxy) is 7. The van der Waals surface area contributed by atoms with Crippen molar-refractivity contribution >= 4 is 26.0 Å². The van der Waals surface area contributed by atoms with Gasteiger partial charge in [-0.25, -0.2) is 9.59 Å². The molecule has 0 spiro atoms. The summed E-state index contributed by atoms with van der Waals surface area (Å²) in [6.07, 6.45) is -10.3. The lowest BCUT2D eigenvalue weighted by Crippen LogP contribution is -2.61. The zero-order chi connectivity index (χ0) is 61.1. The predicted octanol–water partition coefficient (Wildman–Crippen LogP) is 3.42. The molecule has 8 N–H and O–H groups in total. The standard InChI is InChI=1S/C56H100N6O18Si/c1-20-39-56(14,71)45(64)32(5)42(60-73-22-21-57-51(68)58-36-24-40(62-27-30(3)48(66)59-52(62)69)77-38(36)28-74-81(18,19)53(9,10)11)29(2)25-54(12,70)47(80-50-43(63)37(61(15)16)23-31(4)75-50)33(6)44(34(7)49(67)78-39)79-41-26-55(13,72-17)46(65)35(8)76-41/h27,29,31-41,43-47,50,63-65,70-71H,20-26,28H2,1-19H3,(H2,57,58,68)(H,59,66,69)/b60-42+/t29-,31-,32+,33+,34-,35+,36+,37+,38-,39-,40-,41+,43-,44+,45-,46+,47-,50+,54-,55-,56-/m1/s1. The molecule has 4 aliphatic rings. The Bertz CT molecular complexity index is 2400. The summed E-state index contributed by atoms with van der Waals surface area (Å²) in [6.45, 7) is 28.7. The number of cyclic esters (lactones) is 1. The van der Waals surface area contributed by atoms with Gasteiger partial charge in [0.1, 0.15) is 42.9 Å². The Balaban J connectivity index is 1.45. The molecule has 2 amide bonds. The summed E-state index contributed by atoms with van der Waals surface area (Å²) >= 11 is 0. The van der Waals surface area contributed by atoms with Crippen LogP contribution in [0, 0.1) is 30.6 Å². The summed E-state index contributed by atoms with van der Waals surface area (Å²) < 4.78 is 52.2. The fourth-order valence-corrected chi connectivity index (χ4v) is 12.7. The maximum atomic E-state index is 14.6. The predicted molar refractivity (Wildman–Crippen MR) is 303 cm³/mol. The van der Waals surface area contributed by atoms with Gasteiger partial charge < -0.3 is 83.5 Å². The molecule has 5 heterocycles. The van der Waals surface area contributed by atoms with E-state index in [4.69, 9.17) is 42.4 Å². The molecule has 25 heteroatoms. The number of hydrogen-bond acceptors (Lipinski definition) is 20. The third-order valence-corrected chi connectivity index (χ3v) is 22.4. The van der Waals surface area contributed by atoms with Gasteiger partial charge in [0.15, 0.2) is 20.9 Å². The van der Waals surface area contributed by atoms with E-state index in [1.54, 1.807) is 62.3 Å². The summed E-state index contributed by atoms with van der Waals surface area (Å²) in [5, 5.41) is 70.6. The number of amides is 2. The molecule has 1 aromatic rings. The fraction of sp³-hybridized carbons (Fsp3) is 0.875. The van der Waals surface area contributed by atoms with Crippen LogP contribution in [-0.2, 0) is 47.2 Å². The molecule has 4 aliphatic heterocycles. The molecule has 0 aromatic carbocycles. The van der Waals surface area contributed by atoms with Crippen molar-refractivity contribution in [2.24, 2.45) is 28.8 Å². The number of carbonyl (C=O) groups excluding carboxylic acids is 2. The zero-order valence-corrected chi connectivity index (χ0v) is 52.5. The number of nitrogens with zero attached hydrogens (tertiary/aromatic N) is 3. The maximum Gasteiger partial charge on any atom is 0.330 e. The third-order valence-electron chi connectivity index (χ3n) is 17.9. The number of nitrogens with one attached hydrogen (secondary N) is 3. The first kappa shape index (κ1) is 68.4. The number of hydrogen-bond donors (Lipinski definition) is 8. The molecule has 0 aliphatic carbocycles. The summed E-state index contributed by atoms with van der Waals surface area (Å²) in [5.74, 6) is -4.58. The van der Waals surface area contributed by atoms with Crippen LogP contribution in [0.25, 0.3) is 0 Å². The van der Waals surface area contributed by atoms with E-state index in [2.05, 4.69) is 54.6 Å². The first-order valence-corrected chi connectivity index (χ1v) is 31.7. The van der Waals surface area contributed by atoms with E-state index in [9.17, 15) is 44.7 Å². The Morgan fingerprint density at radius 2 is 1.60 bits per heavy atom. The van der Waals surface area contributed by atoms with Gasteiger partial charge in [-0.2, -0.15) is 0 Å². The van der Waals surface area contributed by atoms with E-state index in [0.29, 0.717) is 12.0 Å². The van der Waals surface area contributed by atoms with E-state index < -0.39 is 146 Å². The smallest absolute Gasteiger partial charge is 0.330 e. The van der Waals surface area contributed by atoms with Crippen LogP contribution in [0.5, 0.6) is 0 Å². The number of rotatable bonds is 16. The number of H-pyrrole nitrogens is 1. The van der Waals surface area contributed by atoms with E-state index in [0.717, 1.165) is 0 Å². The van der Waals surface area contributed by atoms with E-state index in [1.165, 1.54) is 24.8 Å². The average Bonchev–Trinajstić information content (AvgIpc) is 3.77. The highest BCUT2D eigenvalue weighted by molar-refractivity contribution is 6.74. The minimum Gasteiger partial charge on any atom is -0.459 e. The average molecular weight is 1170 g/mol. The number of urea groups is 1. The van der Waals surface area contributed by atoms with Gasteiger partial charge in [-0.15, -0.1) is 0 Å².